The van der Waals surface area contributed by atoms with Gasteiger partial charge in [-0.05, 0) is 31.4 Å². The Morgan fingerprint density at radius 2 is 2.13 bits per heavy atom. The molecule has 0 aliphatic carbocycles. The van der Waals surface area contributed by atoms with Gasteiger partial charge in [-0.2, -0.15) is 0 Å². The van der Waals surface area contributed by atoms with Crippen molar-refractivity contribution in [2.75, 3.05) is 13.7 Å². The summed E-state index contributed by atoms with van der Waals surface area (Å²) in [7, 11) is 1.67. The standard InChI is InChI=1S/C22H26N6O2/c1-13(2)7-15-10-30-22(24-15)20-18-9-27-19(11-29-4)25-26-21(27)16-8-14(3)5-6-17(16)28(18)12-23-20/h5-6,8,12-13,15H,7,9-11H2,1-4H3/t15-/m1/s1. The molecule has 1 atom stereocenters. The van der Waals surface area contributed by atoms with Gasteiger partial charge >= 0.3 is 0 Å². The van der Waals surface area contributed by atoms with Crippen molar-refractivity contribution in [2.24, 2.45) is 10.9 Å². The molecular weight excluding hydrogens is 380 g/mol. The second-order valence-electron chi connectivity index (χ2n) is 8.42. The molecule has 5 rings (SSSR count). The van der Waals surface area contributed by atoms with Gasteiger partial charge in [-0.1, -0.05) is 25.5 Å². The lowest BCUT2D eigenvalue weighted by Crippen LogP contribution is -2.13. The van der Waals surface area contributed by atoms with E-state index in [1.807, 2.05) is 6.33 Å². The molecule has 0 spiro atoms. The Hall–Kier alpha value is -3.00. The molecule has 1 aromatic carbocycles. The molecule has 2 aliphatic heterocycles. The number of nitrogens with zero attached hydrogens (tertiary/aromatic N) is 6. The van der Waals surface area contributed by atoms with Crippen molar-refractivity contribution in [2.45, 2.75) is 46.4 Å². The van der Waals surface area contributed by atoms with E-state index in [0.717, 1.165) is 40.7 Å². The number of methoxy groups -OCH3 is 1. The third-order valence-corrected chi connectivity index (χ3v) is 5.59. The SMILES string of the molecule is COCc1nnc2n1Cc1c(C3=N[C@H](CC(C)C)CO3)ncn1-c1ccc(C)cc1-2. The first-order valence-electron chi connectivity index (χ1n) is 10.3. The molecule has 8 nitrogen and oxygen atoms in total. The van der Waals surface area contributed by atoms with Gasteiger partial charge in [0.1, 0.15) is 25.2 Å². The van der Waals surface area contributed by atoms with Gasteiger partial charge in [0.25, 0.3) is 0 Å². The molecule has 3 aromatic rings. The highest BCUT2D eigenvalue weighted by atomic mass is 16.5. The number of ether oxygens (including phenoxy) is 2. The first-order chi connectivity index (χ1) is 14.5. The Balaban J connectivity index is 1.65. The van der Waals surface area contributed by atoms with Gasteiger partial charge in [0.05, 0.1) is 24.0 Å². The van der Waals surface area contributed by atoms with E-state index in [1.54, 1.807) is 7.11 Å². The minimum absolute atomic E-state index is 0.188. The van der Waals surface area contributed by atoms with Gasteiger partial charge < -0.3 is 14.0 Å². The largest absolute Gasteiger partial charge is 0.474 e. The van der Waals surface area contributed by atoms with Crippen LogP contribution >= 0.6 is 0 Å². The summed E-state index contributed by atoms with van der Waals surface area (Å²) < 4.78 is 15.6. The van der Waals surface area contributed by atoms with Crippen molar-refractivity contribution >= 4 is 5.90 Å². The van der Waals surface area contributed by atoms with E-state index in [4.69, 9.17) is 19.5 Å². The smallest absolute Gasteiger partial charge is 0.237 e. The van der Waals surface area contributed by atoms with Crippen molar-refractivity contribution in [3.63, 3.8) is 0 Å². The quantitative estimate of drug-likeness (QED) is 0.509. The van der Waals surface area contributed by atoms with Crippen molar-refractivity contribution in [3.05, 3.63) is 47.3 Å². The predicted octanol–water partition coefficient (Wildman–Crippen LogP) is 3.14. The fourth-order valence-corrected chi connectivity index (χ4v) is 4.25. The first-order valence-corrected chi connectivity index (χ1v) is 10.3. The third kappa shape index (κ3) is 3.11. The highest BCUT2D eigenvalue weighted by Crippen LogP contribution is 2.33. The van der Waals surface area contributed by atoms with Gasteiger partial charge in [0, 0.05) is 12.7 Å². The van der Waals surface area contributed by atoms with Crippen LogP contribution in [0.4, 0.5) is 0 Å². The minimum Gasteiger partial charge on any atom is -0.474 e. The molecule has 8 heteroatoms. The van der Waals surface area contributed by atoms with Gasteiger partial charge in [-0.15, -0.1) is 10.2 Å². The summed E-state index contributed by atoms with van der Waals surface area (Å²) in [6.45, 7) is 8.08. The average Bonchev–Trinajstić information content (AvgIpc) is 3.40. The van der Waals surface area contributed by atoms with Crippen LogP contribution in [0.1, 0.15) is 43.0 Å². The minimum atomic E-state index is 0.188. The summed E-state index contributed by atoms with van der Waals surface area (Å²) in [5, 5.41) is 8.87. The molecule has 0 unspecified atom stereocenters. The lowest BCUT2D eigenvalue weighted by atomic mass is 10.1. The van der Waals surface area contributed by atoms with Crippen molar-refractivity contribution in [1.29, 1.82) is 0 Å². The maximum absolute atomic E-state index is 5.98. The monoisotopic (exact) mass is 406 g/mol. The number of benzene rings is 1. The fourth-order valence-electron chi connectivity index (χ4n) is 4.25. The number of imidazole rings is 1. The Bertz CT molecular complexity index is 1130. The van der Waals surface area contributed by atoms with E-state index in [-0.39, 0.29) is 6.04 Å². The topological polar surface area (TPSA) is 79.3 Å². The number of aryl methyl sites for hydroxylation is 1. The molecule has 156 valence electrons. The predicted molar refractivity (Wildman–Crippen MR) is 113 cm³/mol. The number of fused-ring (bicyclic) bond motifs is 5. The fraction of sp³-hybridized carbons (Fsp3) is 0.455. The van der Waals surface area contributed by atoms with E-state index in [9.17, 15) is 0 Å². The van der Waals surface area contributed by atoms with Crippen LogP contribution in [0.2, 0.25) is 0 Å². The molecule has 0 saturated carbocycles. The lowest BCUT2D eigenvalue weighted by Gasteiger charge is -2.09. The molecule has 0 saturated heterocycles. The maximum atomic E-state index is 5.98. The summed E-state index contributed by atoms with van der Waals surface area (Å²) in [6.07, 6.45) is 2.87. The van der Waals surface area contributed by atoms with Gasteiger partial charge in [-0.3, -0.25) is 4.57 Å². The molecule has 30 heavy (non-hydrogen) atoms. The number of aliphatic imine (C=N–C) groups is 1. The molecule has 0 amide bonds. The lowest BCUT2D eigenvalue weighted by molar-refractivity contribution is 0.174. The van der Waals surface area contributed by atoms with Gasteiger partial charge in [0.15, 0.2) is 11.6 Å². The molecule has 2 aromatic heterocycles. The second-order valence-corrected chi connectivity index (χ2v) is 8.42. The number of aromatic nitrogens is 5. The molecule has 0 radical (unpaired) electrons. The van der Waals surface area contributed by atoms with Crippen LogP contribution in [0.3, 0.4) is 0 Å². The number of rotatable bonds is 5. The zero-order valence-corrected chi connectivity index (χ0v) is 17.8. The van der Waals surface area contributed by atoms with Crippen molar-refractivity contribution < 1.29 is 9.47 Å². The Labute approximate surface area is 175 Å². The normalized spacial score (nSPS) is 17.2. The first kappa shape index (κ1) is 19.0. The van der Waals surface area contributed by atoms with E-state index in [1.165, 1.54) is 5.56 Å². The maximum Gasteiger partial charge on any atom is 0.237 e. The van der Waals surface area contributed by atoms with Crippen LogP contribution in [-0.2, 0) is 22.6 Å². The van der Waals surface area contributed by atoms with E-state index < -0.39 is 0 Å². The third-order valence-electron chi connectivity index (χ3n) is 5.59. The average molecular weight is 406 g/mol. The summed E-state index contributed by atoms with van der Waals surface area (Å²) in [6, 6.07) is 6.54. The molecule has 0 fully saturated rings. The van der Waals surface area contributed by atoms with Crippen LogP contribution in [0.25, 0.3) is 17.1 Å². The summed E-state index contributed by atoms with van der Waals surface area (Å²) in [5.74, 6) is 2.83. The van der Waals surface area contributed by atoms with Crippen LogP contribution in [0.15, 0.2) is 29.5 Å². The highest BCUT2D eigenvalue weighted by Gasteiger charge is 2.30. The highest BCUT2D eigenvalue weighted by molar-refractivity contribution is 5.95. The molecule has 0 N–H and O–H groups in total. The Morgan fingerprint density at radius 1 is 1.27 bits per heavy atom. The van der Waals surface area contributed by atoms with E-state index >= 15 is 0 Å². The van der Waals surface area contributed by atoms with Gasteiger partial charge in [-0.25, -0.2) is 9.98 Å². The summed E-state index contributed by atoms with van der Waals surface area (Å²) in [5.41, 5.74) is 5.03. The molecule has 4 heterocycles. The van der Waals surface area contributed by atoms with Crippen LogP contribution < -0.4 is 0 Å². The Kier molecular flexibility index (Phi) is 4.66. The molecule has 2 aliphatic rings. The molecule has 0 bridgehead atoms. The summed E-state index contributed by atoms with van der Waals surface area (Å²) in [4.78, 5) is 9.55. The van der Waals surface area contributed by atoms with Crippen molar-refractivity contribution in [1.82, 2.24) is 24.3 Å². The van der Waals surface area contributed by atoms with E-state index in [0.29, 0.717) is 31.6 Å². The Morgan fingerprint density at radius 3 is 2.93 bits per heavy atom. The van der Waals surface area contributed by atoms with Crippen LogP contribution in [0, 0.1) is 12.8 Å². The van der Waals surface area contributed by atoms with E-state index in [2.05, 4.69) is 58.3 Å². The van der Waals surface area contributed by atoms with Gasteiger partial charge in [0.2, 0.25) is 5.90 Å². The second kappa shape index (κ2) is 7.36. The zero-order chi connectivity index (χ0) is 20.8. The van der Waals surface area contributed by atoms with Crippen LogP contribution in [0.5, 0.6) is 0 Å². The summed E-state index contributed by atoms with van der Waals surface area (Å²) >= 11 is 0. The van der Waals surface area contributed by atoms with Crippen LogP contribution in [-0.4, -0.2) is 50.0 Å². The zero-order valence-electron chi connectivity index (χ0n) is 17.8. The number of hydrogen-bond acceptors (Lipinski definition) is 6. The molecular formula is C22H26N6O2. The van der Waals surface area contributed by atoms with Crippen molar-refractivity contribution in [3.8, 4) is 17.1 Å². The number of hydrogen-bond donors (Lipinski definition) is 0.